The third-order valence-electron chi connectivity index (χ3n) is 5.01. The Morgan fingerprint density at radius 3 is 2.27 bits per heavy atom. The van der Waals surface area contributed by atoms with Gasteiger partial charge in [-0.25, -0.2) is 4.90 Å². The Morgan fingerprint density at radius 2 is 1.70 bits per heavy atom. The lowest BCUT2D eigenvalue weighted by Gasteiger charge is -2.30. The maximum atomic E-state index is 13.3. The van der Waals surface area contributed by atoms with E-state index < -0.39 is 18.2 Å². The molecular formula is C22H23IN2O5. The minimum Gasteiger partial charge on any atom is -0.354 e. The maximum absolute atomic E-state index is 13.3. The van der Waals surface area contributed by atoms with Gasteiger partial charge in [0, 0.05) is 23.4 Å². The van der Waals surface area contributed by atoms with Crippen LogP contribution in [0.1, 0.15) is 22.3 Å². The minimum atomic E-state index is -0.932. The van der Waals surface area contributed by atoms with Gasteiger partial charge in [0.25, 0.3) is 11.8 Å². The zero-order valence-corrected chi connectivity index (χ0v) is 19.2. The monoisotopic (exact) mass is 522 g/mol. The molecule has 158 valence electrons. The minimum absolute atomic E-state index is 0.0178. The molecule has 7 nitrogen and oxygen atoms in total. The van der Waals surface area contributed by atoms with E-state index >= 15 is 0 Å². The Hall–Kier alpha value is -2.30. The summed E-state index contributed by atoms with van der Waals surface area (Å²) in [5, 5.41) is 0. The number of carbonyl (C=O) groups excluding carboxylic acids is 3. The lowest BCUT2D eigenvalue weighted by atomic mass is 10.1. The van der Waals surface area contributed by atoms with Crippen molar-refractivity contribution < 1.29 is 23.9 Å². The molecule has 30 heavy (non-hydrogen) atoms. The number of benzene rings is 2. The van der Waals surface area contributed by atoms with E-state index in [9.17, 15) is 14.4 Å². The Morgan fingerprint density at radius 1 is 1.10 bits per heavy atom. The maximum Gasteiger partial charge on any atom is 0.257 e. The highest BCUT2D eigenvalue weighted by atomic mass is 127. The Bertz CT molecular complexity index is 926. The summed E-state index contributed by atoms with van der Waals surface area (Å²) >= 11 is 2.15. The van der Waals surface area contributed by atoms with Crippen molar-refractivity contribution in [2.45, 2.75) is 25.7 Å². The molecule has 3 amide bonds. The smallest absolute Gasteiger partial charge is 0.257 e. The number of hydrogen-bond acceptors (Lipinski definition) is 5. The van der Waals surface area contributed by atoms with Gasteiger partial charge in [-0.2, -0.15) is 0 Å². The summed E-state index contributed by atoms with van der Waals surface area (Å²) < 4.78 is 11.5. The summed E-state index contributed by atoms with van der Waals surface area (Å²) in [7, 11) is 2.92. The first kappa shape index (κ1) is 22.4. The summed E-state index contributed by atoms with van der Waals surface area (Å²) in [5.41, 5.74) is 1.94. The van der Waals surface area contributed by atoms with Crippen LogP contribution in [0.3, 0.4) is 0 Å². The van der Waals surface area contributed by atoms with Gasteiger partial charge >= 0.3 is 0 Å². The first-order valence-corrected chi connectivity index (χ1v) is 10.5. The average Bonchev–Trinajstić information content (AvgIpc) is 3.03. The predicted octanol–water partition coefficient (Wildman–Crippen LogP) is 2.99. The van der Waals surface area contributed by atoms with Gasteiger partial charge in [0.1, 0.15) is 6.04 Å². The standard InChI is InChI=1S/C22H23IN2O5/c1-14-4-6-15(7-5-14)21(27)24(13-20(29-2)30-3)18-12-19(26)25(22(18)28)17-10-8-16(23)9-11-17/h4-11,18,20H,12-13H2,1-3H3. The molecule has 0 N–H and O–H groups in total. The van der Waals surface area contributed by atoms with Crippen LogP contribution in [0, 0.1) is 10.5 Å². The molecule has 0 saturated carbocycles. The van der Waals surface area contributed by atoms with Crippen LogP contribution in [-0.2, 0) is 19.1 Å². The van der Waals surface area contributed by atoms with E-state index in [0.29, 0.717) is 11.3 Å². The molecule has 3 rings (SSSR count). The van der Waals surface area contributed by atoms with Crippen molar-refractivity contribution >= 4 is 46.0 Å². The number of rotatable bonds is 7. The number of nitrogens with zero attached hydrogens (tertiary/aromatic N) is 2. The molecule has 1 aliphatic rings. The topological polar surface area (TPSA) is 76.2 Å². The van der Waals surface area contributed by atoms with E-state index in [2.05, 4.69) is 22.6 Å². The highest BCUT2D eigenvalue weighted by Crippen LogP contribution is 2.27. The zero-order valence-electron chi connectivity index (χ0n) is 17.0. The van der Waals surface area contributed by atoms with Crippen LogP contribution in [0.4, 0.5) is 5.69 Å². The first-order valence-electron chi connectivity index (χ1n) is 9.41. The van der Waals surface area contributed by atoms with Crippen LogP contribution >= 0.6 is 22.6 Å². The number of imide groups is 1. The number of anilines is 1. The van der Waals surface area contributed by atoms with E-state index in [0.717, 1.165) is 14.0 Å². The Labute approximate surface area is 189 Å². The van der Waals surface area contributed by atoms with Gasteiger partial charge in [0.15, 0.2) is 6.29 Å². The third kappa shape index (κ3) is 4.71. The number of aryl methyl sites for hydroxylation is 1. The summed E-state index contributed by atoms with van der Waals surface area (Å²) in [5.74, 6) is -1.14. The van der Waals surface area contributed by atoms with Gasteiger partial charge in [-0.3, -0.25) is 14.4 Å². The SMILES string of the molecule is COC(CN(C(=O)c1ccc(C)cc1)C1CC(=O)N(c2ccc(I)cc2)C1=O)OC. The fourth-order valence-corrected chi connectivity index (χ4v) is 3.70. The highest BCUT2D eigenvalue weighted by molar-refractivity contribution is 14.1. The van der Waals surface area contributed by atoms with Gasteiger partial charge in [-0.15, -0.1) is 0 Å². The van der Waals surface area contributed by atoms with Crippen molar-refractivity contribution in [3.63, 3.8) is 0 Å². The molecular weight excluding hydrogens is 499 g/mol. The van der Waals surface area contributed by atoms with Gasteiger partial charge in [-0.05, 0) is 65.9 Å². The number of methoxy groups -OCH3 is 2. The molecule has 0 bridgehead atoms. The molecule has 1 saturated heterocycles. The van der Waals surface area contributed by atoms with Crippen molar-refractivity contribution in [1.82, 2.24) is 4.90 Å². The van der Waals surface area contributed by atoms with Crippen LogP contribution in [0.2, 0.25) is 0 Å². The number of halogens is 1. The highest BCUT2D eigenvalue weighted by Gasteiger charge is 2.45. The second-order valence-corrected chi connectivity index (χ2v) is 8.23. The normalized spacial score (nSPS) is 16.4. The van der Waals surface area contributed by atoms with Crippen LogP contribution in [-0.4, -0.2) is 55.7 Å². The van der Waals surface area contributed by atoms with Gasteiger partial charge in [0.05, 0.1) is 18.7 Å². The summed E-state index contributed by atoms with van der Waals surface area (Å²) in [4.78, 5) is 41.7. The zero-order chi connectivity index (χ0) is 21.8. The van der Waals surface area contributed by atoms with Crippen LogP contribution in [0.5, 0.6) is 0 Å². The van der Waals surface area contributed by atoms with E-state index in [1.165, 1.54) is 19.1 Å². The molecule has 0 radical (unpaired) electrons. The van der Waals surface area contributed by atoms with Gasteiger partial charge in [-0.1, -0.05) is 17.7 Å². The molecule has 1 aliphatic heterocycles. The predicted molar refractivity (Wildman–Crippen MR) is 120 cm³/mol. The van der Waals surface area contributed by atoms with Crippen molar-refractivity contribution in [1.29, 1.82) is 0 Å². The number of amides is 3. The van der Waals surface area contributed by atoms with Crippen LogP contribution in [0.15, 0.2) is 48.5 Å². The van der Waals surface area contributed by atoms with Crippen LogP contribution in [0.25, 0.3) is 0 Å². The van der Waals surface area contributed by atoms with Gasteiger partial charge < -0.3 is 14.4 Å². The molecule has 1 unspecified atom stereocenters. The molecule has 1 fully saturated rings. The number of carbonyl (C=O) groups is 3. The summed E-state index contributed by atoms with van der Waals surface area (Å²) in [6, 6.07) is 13.2. The fourth-order valence-electron chi connectivity index (χ4n) is 3.34. The first-order chi connectivity index (χ1) is 14.3. The summed E-state index contributed by atoms with van der Waals surface area (Å²) in [6.45, 7) is 1.94. The molecule has 1 atom stereocenters. The lowest BCUT2D eigenvalue weighted by molar-refractivity contribution is -0.128. The molecule has 2 aromatic rings. The second-order valence-electron chi connectivity index (χ2n) is 6.99. The Kier molecular flexibility index (Phi) is 7.22. The van der Waals surface area contributed by atoms with Gasteiger partial charge in [0.2, 0.25) is 5.91 Å². The quantitative estimate of drug-likeness (QED) is 0.318. The fraction of sp³-hybridized carbons (Fsp3) is 0.318. The Balaban J connectivity index is 1.93. The number of ether oxygens (including phenoxy) is 2. The van der Waals surface area contributed by atoms with Crippen molar-refractivity contribution in [2.24, 2.45) is 0 Å². The molecule has 0 aliphatic carbocycles. The molecule has 0 spiro atoms. The van der Waals surface area contributed by atoms with Crippen molar-refractivity contribution in [3.05, 3.63) is 63.2 Å². The average molecular weight is 522 g/mol. The largest absolute Gasteiger partial charge is 0.354 e. The molecule has 0 aromatic heterocycles. The molecule has 2 aromatic carbocycles. The van der Waals surface area contributed by atoms with E-state index in [-0.39, 0.29) is 24.8 Å². The summed E-state index contributed by atoms with van der Waals surface area (Å²) in [6.07, 6.45) is -0.822. The second kappa shape index (κ2) is 9.67. The van der Waals surface area contributed by atoms with E-state index in [1.54, 1.807) is 24.3 Å². The molecule has 8 heteroatoms. The van der Waals surface area contributed by atoms with E-state index in [4.69, 9.17) is 9.47 Å². The van der Waals surface area contributed by atoms with Crippen LogP contribution < -0.4 is 4.90 Å². The lowest BCUT2D eigenvalue weighted by Crippen LogP contribution is -2.49. The van der Waals surface area contributed by atoms with Crippen molar-refractivity contribution in [3.8, 4) is 0 Å². The van der Waals surface area contributed by atoms with E-state index in [1.807, 2.05) is 31.2 Å². The third-order valence-corrected chi connectivity index (χ3v) is 5.73. The van der Waals surface area contributed by atoms with Crippen molar-refractivity contribution in [2.75, 3.05) is 25.7 Å². The number of hydrogen-bond donors (Lipinski definition) is 0. The molecule has 1 heterocycles.